The number of likely N-dealkylation sites (tertiary alicyclic amines) is 1. The molecule has 0 bridgehead atoms. The van der Waals surface area contributed by atoms with Gasteiger partial charge in [-0.3, -0.25) is 10.2 Å². The Labute approximate surface area is 59.9 Å². The minimum Gasteiger partial charge on any atom is -0.395 e. The van der Waals surface area contributed by atoms with Gasteiger partial charge in [0.25, 0.3) is 0 Å². The molecular weight excluding hydrogens is 134 g/mol. The van der Waals surface area contributed by atoms with Crippen molar-refractivity contribution in [1.29, 1.82) is 0 Å². The average molecular weight is 147 g/mol. The largest absolute Gasteiger partial charge is 0.395 e. The van der Waals surface area contributed by atoms with Gasteiger partial charge in [0.15, 0.2) is 0 Å². The van der Waals surface area contributed by atoms with E-state index in [1.54, 1.807) is 0 Å². The number of hydrogen-bond acceptors (Lipinski definition) is 4. The second kappa shape index (κ2) is 3.30. The summed E-state index contributed by atoms with van der Waals surface area (Å²) in [6.45, 7) is 0.831. The van der Waals surface area contributed by atoms with E-state index in [9.17, 15) is 0 Å². The van der Waals surface area contributed by atoms with E-state index in [2.05, 4.69) is 4.89 Å². The zero-order valence-corrected chi connectivity index (χ0v) is 6.03. The number of nitrogens with zero attached hydrogens (tertiary/aromatic N) is 1. The van der Waals surface area contributed by atoms with Gasteiger partial charge in [-0.1, -0.05) is 0 Å². The van der Waals surface area contributed by atoms with Gasteiger partial charge in [0.05, 0.1) is 6.61 Å². The molecule has 2 unspecified atom stereocenters. The molecule has 10 heavy (non-hydrogen) atoms. The molecule has 1 aliphatic heterocycles. The van der Waals surface area contributed by atoms with Crippen molar-refractivity contribution in [3.05, 3.63) is 0 Å². The van der Waals surface area contributed by atoms with Crippen molar-refractivity contribution in [2.24, 2.45) is 0 Å². The monoisotopic (exact) mass is 147 g/mol. The van der Waals surface area contributed by atoms with E-state index in [1.807, 2.05) is 11.9 Å². The molecule has 0 saturated carbocycles. The molecule has 2 atom stereocenters. The first-order valence-corrected chi connectivity index (χ1v) is 3.39. The number of aliphatic hydroxyl groups excluding tert-OH is 1. The standard InChI is InChI=1S/C6H13NO3/c1-7-3-6(10-9)2-5(7)4-8/h5-6,8-9H,2-4H2,1H3. The average Bonchev–Trinajstić information content (AvgIpc) is 2.30. The molecule has 1 heterocycles. The second-order valence-electron chi connectivity index (χ2n) is 2.74. The first-order valence-electron chi connectivity index (χ1n) is 3.39. The molecule has 60 valence electrons. The highest BCUT2D eigenvalue weighted by molar-refractivity contribution is 4.82. The molecule has 0 amide bonds. The van der Waals surface area contributed by atoms with Crippen LogP contribution in [0.3, 0.4) is 0 Å². The van der Waals surface area contributed by atoms with E-state index in [-0.39, 0.29) is 18.8 Å². The Balaban J connectivity index is 2.36. The third-order valence-corrected chi connectivity index (χ3v) is 2.01. The predicted molar refractivity (Wildman–Crippen MR) is 35.6 cm³/mol. The zero-order chi connectivity index (χ0) is 7.56. The summed E-state index contributed by atoms with van der Waals surface area (Å²) in [5.41, 5.74) is 0. The van der Waals surface area contributed by atoms with Crippen LogP contribution in [0.15, 0.2) is 0 Å². The lowest BCUT2D eigenvalue weighted by Gasteiger charge is -2.14. The fraction of sp³-hybridized carbons (Fsp3) is 1.00. The van der Waals surface area contributed by atoms with Crippen LogP contribution in [0.4, 0.5) is 0 Å². The lowest BCUT2D eigenvalue weighted by atomic mass is 10.2. The summed E-state index contributed by atoms with van der Waals surface area (Å²) in [7, 11) is 1.90. The maximum atomic E-state index is 8.77. The first kappa shape index (κ1) is 7.94. The van der Waals surface area contributed by atoms with Crippen molar-refractivity contribution in [3.63, 3.8) is 0 Å². The summed E-state index contributed by atoms with van der Waals surface area (Å²) in [6.07, 6.45) is 0.589. The lowest BCUT2D eigenvalue weighted by molar-refractivity contribution is -0.274. The number of aliphatic hydroxyl groups is 1. The van der Waals surface area contributed by atoms with Crippen LogP contribution in [-0.2, 0) is 4.89 Å². The highest BCUT2D eigenvalue weighted by Crippen LogP contribution is 2.16. The molecule has 1 rings (SSSR count). The third-order valence-electron chi connectivity index (χ3n) is 2.01. The van der Waals surface area contributed by atoms with Crippen molar-refractivity contribution in [2.45, 2.75) is 18.6 Å². The Kier molecular flexibility index (Phi) is 2.62. The van der Waals surface area contributed by atoms with Crippen molar-refractivity contribution in [1.82, 2.24) is 4.90 Å². The molecule has 0 radical (unpaired) electrons. The Hall–Kier alpha value is -0.160. The van der Waals surface area contributed by atoms with Gasteiger partial charge in [-0.05, 0) is 13.5 Å². The van der Waals surface area contributed by atoms with Gasteiger partial charge in [-0.25, -0.2) is 4.89 Å². The Morgan fingerprint density at radius 2 is 2.40 bits per heavy atom. The minimum absolute atomic E-state index is 0.123. The SMILES string of the molecule is CN1CC(OO)CC1CO. The van der Waals surface area contributed by atoms with Crippen LogP contribution in [0, 0.1) is 0 Å². The molecule has 2 N–H and O–H groups in total. The van der Waals surface area contributed by atoms with Crippen LogP contribution in [0.25, 0.3) is 0 Å². The molecule has 0 spiro atoms. The molecule has 0 aromatic heterocycles. The quantitative estimate of drug-likeness (QED) is 0.410. The minimum atomic E-state index is -0.123. The van der Waals surface area contributed by atoms with Crippen molar-refractivity contribution in [3.8, 4) is 0 Å². The van der Waals surface area contributed by atoms with Crippen LogP contribution in [0.2, 0.25) is 0 Å². The molecule has 4 heteroatoms. The fourth-order valence-corrected chi connectivity index (χ4v) is 1.32. The molecule has 0 aromatic rings. The van der Waals surface area contributed by atoms with E-state index in [4.69, 9.17) is 10.4 Å². The number of hydrogen-bond donors (Lipinski definition) is 2. The van der Waals surface area contributed by atoms with Crippen LogP contribution in [-0.4, -0.2) is 47.6 Å². The van der Waals surface area contributed by atoms with Gasteiger partial charge in [0, 0.05) is 12.6 Å². The number of likely N-dealkylation sites (N-methyl/N-ethyl adjacent to an activating group) is 1. The van der Waals surface area contributed by atoms with Gasteiger partial charge in [-0.2, -0.15) is 0 Å². The summed E-state index contributed by atoms with van der Waals surface area (Å²) < 4.78 is 0. The molecule has 1 fully saturated rings. The summed E-state index contributed by atoms with van der Waals surface area (Å²) in [6, 6.07) is 0.150. The Bertz CT molecular complexity index is 109. The molecule has 4 nitrogen and oxygen atoms in total. The van der Waals surface area contributed by atoms with Crippen LogP contribution < -0.4 is 0 Å². The zero-order valence-electron chi connectivity index (χ0n) is 6.03. The second-order valence-corrected chi connectivity index (χ2v) is 2.74. The van der Waals surface area contributed by atoms with Gasteiger partial charge in [0.1, 0.15) is 6.10 Å². The van der Waals surface area contributed by atoms with E-state index < -0.39 is 0 Å². The van der Waals surface area contributed by atoms with Crippen LogP contribution in [0.5, 0.6) is 0 Å². The molecular formula is C6H13NO3. The van der Waals surface area contributed by atoms with E-state index in [1.165, 1.54) is 0 Å². The topological polar surface area (TPSA) is 52.9 Å². The van der Waals surface area contributed by atoms with Gasteiger partial charge >= 0.3 is 0 Å². The summed E-state index contributed by atoms with van der Waals surface area (Å²) in [5.74, 6) is 0. The summed E-state index contributed by atoms with van der Waals surface area (Å²) in [4.78, 5) is 6.13. The van der Waals surface area contributed by atoms with Crippen molar-refractivity contribution < 1.29 is 15.3 Å². The van der Waals surface area contributed by atoms with Crippen LogP contribution >= 0.6 is 0 Å². The van der Waals surface area contributed by atoms with E-state index >= 15 is 0 Å². The summed E-state index contributed by atoms with van der Waals surface area (Å²) >= 11 is 0. The maximum absolute atomic E-state index is 8.77. The van der Waals surface area contributed by atoms with Gasteiger partial charge in [-0.15, -0.1) is 0 Å². The molecule has 1 aliphatic rings. The van der Waals surface area contributed by atoms with Gasteiger partial charge in [0.2, 0.25) is 0 Å². The fourth-order valence-electron chi connectivity index (χ4n) is 1.32. The highest BCUT2D eigenvalue weighted by Gasteiger charge is 2.29. The summed E-state index contributed by atoms with van der Waals surface area (Å²) in [5, 5.41) is 17.1. The predicted octanol–water partition coefficient (Wildman–Crippen LogP) is -0.459. The molecule has 0 aliphatic carbocycles. The Morgan fingerprint density at radius 1 is 1.70 bits per heavy atom. The molecule has 1 saturated heterocycles. The van der Waals surface area contributed by atoms with Crippen molar-refractivity contribution >= 4 is 0 Å². The lowest BCUT2D eigenvalue weighted by Crippen LogP contribution is -2.28. The normalized spacial score (nSPS) is 35.1. The van der Waals surface area contributed by atoms with E-state index in [0.29, 0.717) is 13.0 Å². The maximum Gasteiger partial charge on any atom is 0.107 e. The first-order chi connectivity index (χ1) is 4.77. The highest BCUT2D eigenvalue weighted by atomic mass is 17.1. The van der Waals surface area contributed by atoms with Crippen molar-refractivity contribution in [2.75, 3.05) is 20.2 Å². The van der Waals surface area contributed by atoms with E-state index in [0.717, 1.165) is 0 Å². The van der Waals surface area contributed by atoms with Crippen LogP contribution in [0.1, 0.15) is 6.42 Å². The molecule has 0 aromatic carbocycles. The Morgan fingerprint density at radius 3 is 2.70 bits per heavy atom. The third kappa shape index (κ3) is 1.46. The number of rotatable bonds is 2. The van der Waals surface area contributed by atoms with Gasteiger partial charge < -0.3 is 5.11 Å². The smallest absolute Gasteiger partial charge is 0.107 e.